The molecule has 1 aromatic heterocycles. The summed E-state index contributed by atoms with van der Waals surface area (Å²) in [5.74, 6) is -0.227. The molecule has 1 atom stereocenters. The molecule has 112 valence electrons. The molecule has 0 aliphatic rings. The van der Waals surface area contributed by atoms with Crippen molar-refractivity contribution in [3.05, 3.63) is 47.3 Å². The second-order valence-corrected chi connectivity index (χ2v) is 4.91. The Balaban J connectivity index is 1.98. The van der Waals surface area contributed by atoms with Gasteiger partial charge in [-0.05, 0) is 24.1 Å². The molecular weight excluding hydrogens is 268 g/mol. The highest BCUT2D eigenvalue weighted by Crippen LogP contribution is 2.14. The van der Waals surface area contributed by atoms with Crippen molar-refractivity contribution in [2.24, 2.45) is 7.05 Å². The van der Waals surface area contributed by atoms with E-state index in [0.29, 0.717) is 23.2 Å². The standard InChI is InChI=1S/C15H20N4O2/c1-3-13-12(9-19(2)18-13)15(21)17-8-14(20)10-4-6-11(16)7-5-10/h4-7,9,14,20H,3,8,16H2,1-2H3,(H,17,21). The number of aromatic nitrogens is 2. The first-order chi connectivity index (χ1) is 10.0. The summed E-state index contributed by atoms with van der Waals surface area (Å²) in [4.78, 5) is 12.1. The Bertz CT molecular complexity index is 619. The first-order valence-corrected chi connectivity index (χ1v) is 6.85. The van der Waals surface area contributed by atoms with Gasteiger partial charge in [0.05, 0.1) is 17.4 Å². The Morgan fingerprint density at radius 2 is 2.10 bits per heavy atom. The SMILES string of the molecule is CCc1nn(C)cc1C(=O)NCC(O)c1ccc(N)cc1. The number of nitrogens with one attached hydrogen (secondary N) is 1. The lowest BCUT2D eigenvalue weighted by Crippen LogP contribution is -2.28. The zero-order chi connectivity index (χ0) is 15.4. The number of aliphatic hydroxyl groups excluding tert-OH is 1. The first kappa shape index (κ1) is 15.1. The molecule has 6 nitrogen and oxygen atoms in total. The summed E-state index contributed by atoms with van der Waals surface area (Å²) in [5.41, 5.74) is 8.24. The third-order valence-corrected chi connectivity index (χ3v) is 3.26. The topological polar surface area (TPSA) is 93.2 Å². The van der Waals surface area contributed by atoms with E-state index >= 15 is 0 Å². The van der Waals surface area contributed by atoms with Crippen LogP contribution in [0.15, 0.2) is 30.5 Å². The van der Waals surface area contributed by atoms with Crippen LogP contribution in [0.4, 0.5) is 5.69 Å². The summed E-state index contributed by atoms with van der Waals surface area (Å²) in [5, 5.41) is 17.0. The van der Waals surface area contributed by atoms with Gasteiger partial charge in [0.15, 0.2) is 0 Å². The minimum atomic E-state index is -0.767. The molecule has 0 bridgehead atoms. The van der Waals surface area contributed by atoms with Crippen molar-refractivity contribution in [1.82, 2.24) is 15.1 Å². The number of hydrogen-bond acceptors (Lipinski definition) is 4. The highest BCUT2D eigenvalue weighted by molar-refractivity contribution is 5.95. The molecule has 21 heavy (non-hydrogen) atoms. The largest absolute Gasteiger partial charge is 0.399 e. The number of anilines is 1. The van der Waals surface area contributed by atoms with Crippen LogP contribution in [0.5, 0.6) is 0 Å². The number of nitrogens with zero attached hydrogens (tertiary/aromatic N) is 2. The summed E-state index contributed by atoms with van der Waals surface area (Å²) in [6.45, 7) is 2.09. The van der Waals surface area contributed by atoms with Gasteiger partial charge in [0.2, 0.25) is 0 Å². The number of nitrogens with two attached hydrogens (primary N) is 1. The molecule has 0 fully saturated rings. The van der Waals surface area contributed by atoms with Crippen LogP contribution in [-0.2, 0) is 13.5 Å². The highest BCUT2D eigenvalue weighted by atomic mass is 16.3. The van der Waals surface area contributed by atoms with E-state index in [0.717, 1.165) is 5.69 Å². The predicted octanol–water partition coefficient (Wildman–Crippen LogP) is 1.03. The maximum Gasteiger partial charge on any atom is 0.254 e. The Labute approximate surface area is 123 Å². The van der Waals surface area contributed by atoms with E-state index in [1.165, 1.54) is 0 Å². The molecule has 0 saturated heterocycles. The van der Waals surface area contributed by atoms with E-state index in [2.05, 4.69) is 10.4 Å². The van der Waals surface area contributed by atoms with Gasteiger partial charge in [0, 0.05) is 25.5 Å². The van der Waals surface area contributed by atoms with Crippen molar-refractivity contribution in [3.63, 3.8) is 0 Å². The predicted molar refractivity (Wildman–Crippen MR) is 80.7 cm³/mol. The smallest absolute Gasteiger partial charge is 0.254 e. The summed E-state index contributed by atoms with van der Waals surface area (Å²) in [6.07, 6.45) is 1.60. The van der Waals surface area contributed by atoms with Gasteiger partial charge in [-0.25, -0.2) is 0 Å². The van der Waals surface area contributed by atoms with Crippen molar-refractivity contribution < 1.29 is 9.90 Å². The zero-order valence-electron chi connectivity index (χ0n) is 12.2. The molecule has 6 heteroatoms. The van der Waals surface area contributed by atoms with Crippen LogP contribution < -0.4 is 11.1 Å². The van der Waals surface area contributed by atoms with Crippen LogP contribution in [0.25, 0.3) is 0 Å². The molecule has 0 saturated carbocycles. The lowest BCUT2D eigenvalue weighted by atomic mass is 10.1. The summed E-state index contributed by atoms with van der Waals surface area (Å²) < 4.78 is 1.62. The van der Waals surface area contributed by atoms with Gasteiger partial charge in [-0.15, -0.1) is 0 Å². The van der Waals surface area contributed by atoms with Crippen molar-refractivity contribution in [2.75, 3.05) is 12.3 Å². The normalized spacial score (nSPS) is 12.1. The molecular formula is C15H20N4O2. The molecule has 1 heterocycles. The van der Waals surface area contributed by atoms with Gasteiger partial charge in [-0.1, -0.05) is 19.1 Å². The quantitative estimate of drug-likeness (QED) is 0.716. The fourth-order valence-corrected chi connectivity index (χ4v) is 2.11. The lowest BCUT2D eigenvalue weighted by molar-refractivity contribution is 0.0915. The van der Waals surface area contributed by atoms with Gasteiger partial charge in [-0.3, -0.25) is 9.48 Å². The number of aryl methyl sites for hydroxylation is 2. The minimum absolute atomic E-state index is 0.140. The monoisotopic (exact) mass is 288 g/mol. The molecule has 0 spiro atoms. The van der Waals surface area contributed by atoms with Crippen LogP contribution >= 0.6 is 0 Å². The molecule has 1 aromatic carbocycles. The minimum Gasteiger partial charge on any atom is -0.399 e. The van der Waals surface area contributed by atoms with Gasteiger partial charge in [-0.2, -0.15) is 5.10 Å². The van der Waals surface area contributed by atoms with E-state index < -0.39 is 6.10 Å². The van der Waals surface area contributed by atoms with Gasteiger partial charge in [0.25, 0.3) is 5.91 Å². The van der Waals surface area contributed by atoms with Gasteiger partial charge >= 0.3 is 0 Å². The van der Waals surface area contributed by atoms with Crippen molar-refractivity contribution in [2.45, 2.75) is 19.4 Å². The second-order valence-electron chi connectivity index (χ2n) is 4.91. The van der Waals surface area contributed by atoms with E-state index in [9.17, 15) is 9.90 Å². The van der Waals surface area contributed by atoms with E-state index in [4.69, 9.17) is 5.73 Å². The molecule has 2 rings (SSSR count). The average Bonchev–Trinajstić information content (AvgIpc) is 2.86. The Morgan fingerprint density at radius 3 is 2.71 bits per heavy atom. The number of benzene rings is 1. The number of aliphatic hydroxyl groups is 1. The second kappa shape index (κ2) is 6.41. The van der Waals surface area contributed by atoms with E-state index in [1.807, 2.05) is 6.92 Å². The van der Waals surface area contributed by atoms with Crippen LogP contribution in [0.1, 0.15) is 34.6 Å². The number of carbonyl (C=O) groups excluding carboxylic acids is 1. The average molecular weight is 288 g/mol. The molecule has 0 aliphatic heterocycles. The number of rotatable bonds is 5. The van der Waals surface area contributed by atoms with Crippen LogP contribution in [0, 0.1) is 0 Å². The van der Waals surface area contributed by atoms with Crippen LogP contribution in [-0.4, -0.2) is 27.3 Å². The molecule has 1 unspecified atom stereocenters. The summed E-state index contributed by atoms with van der Waals surface area (Å²) >= 11 is 0. The summed E-state index contributed by atoms with van der Waals surface area (Å²) in [7, 11) is 1.78. The maximum atomic E-state index is 12.1. The Kier molecular flexibility index (Phi) is 4.59. The third-order valence-electron chi connectivity index (χ3n) is 3.26. The maximum absolute atomic E-state index is 12.1. The third kappa shape index (κ3) is 3.61. The number of carbonyl (C=O) groups is 1. The fraction of sp³-hybridized carbons (Fsp3) is 0.333. The molecule has 0 radical (unpaired) electrons. The molecule has 1 amide bonds. The van der Waals surface area contributed by atoms with E-state index in [-0.39, 0.29) is 12.5 Å². The van der Waals surface area contributed by atoms with Crippen molar-refractivity contribution >= 4 is 11.6 Å². The van der Waals surface area contributed by atoms with Crippen LogP contribution in [0.3, 0.4) is 0 Å². The summed E-state index contributed by atoms with van der Waals surface area (Å²) in [6, 6.07) is 6.93. The molecule has 4 N–H and O–H groups in total. The van der Waals surface area contributed by atoms with Gasteiger partial charge in [0.1, 0.15) is 0 Å². The van der Waals surface area contributed by atoms with Crippen molar-refractivity contribution in [1.29, 1.82) is 0 Å². The van der Waals surface area contributed by atoms with Crippen molar-refractivity contribution in [3.8, 4) is 0 Å². The van der Waals surface area contributed by atoms with E-state index in [1.54, 1.807) is 42.2 Å². The van der Waals surface area contributed by atoms with Crippen LogP contribution in [0.2, 0.25) is 0 Å². The zero-order valence-corrected chi connectivity index (χ0v) is 12.2. The number of nitrogen functional groups attached to an aromatic ring is 1. The first-order valence-electron chi connectivity index (χ1n) is 6.85. The number of amides is 1. The highest BCUT2D eigenvalue weighted by Gasteiger charge is 2.15. The lowest BCUT2D eigenvalue weighted by Gasteiger charge is -2.12. The molecule has 2 aromatic rings. The Morgan fingerprint density at radius 1 is 1.43 bits per heavy atom. The molecule has 0 aliphatic carbocycles. The number of hydrogen-bond donors (Lipinski definition) is 3. The Hall–Kier alpha value is -2.34. The van der Waals surface area contributed by atoms with Gasteiger partial charge < -0.3 is 16.2 Å². The fourth-order valence-electron chi connectivity index (χ4n) is 2.11.